The number of nitriles is 1. The van der Waals surface area contributed by atoms with Crippen LogP contribution >= 0.6 is 11.3 Å². The van der Waals surface area contributed by atoms with Crippen LogP contribution in [-0.2, 0) is 27.4 Å². The van der Waals surface area contributed by atoms with Crippen molar-refractivity contribution >= 4 is 29.1 Å². The first-order valence-electron chi connectivity index (χ1n) is 19.4. The Morgan fingerprint density at radius 1 is 1.00 bits per heavy atom. The molecular weight excluding hydrogens is 810 g/mol. The highest BCUT2D eigenvalue weighted by atomic mass is 32.1. The van der Waals surface area contributed by atoms with Crippen LogP contribution in [0.1, 0.15) is 104 Å². The third-order valence-electron chi connectivity index (χ3n) is 11.9. The molecule has 2 saturated heterocycles. The van der Waals surface area contributed by atoms with E-state index in [-0.39, 0.29) is 75.4 Å². The maximum absolute atomic E-state index is 15.4. The van der Waals surface area contributed by atoms with E-state index in [1.54, 1.807) is 13.0 Å². The van der Waals surface area contributed by atoms with Crippen LogP contribution in [0.5, 0.6) is 11.5 Å². The van der Waals surface area contributed by atoms with Gasteiger partial charge in [0.1, 0.15) is 16.3 Å². The van der Waals surface area contributed by atoms with Gasteiger partial charge in [0, 0.05) is 49.3 Å². The topological polar surface area (TPSA) is 133 Å². The van der Waals surface area contributed by atoms with Crippen LogP contribution in [0.2, 0.25) is 0 Å². The lowest BCUT2D eigenvalue weighted by molar-refractivity contribution is -0.160. The average Bonchev–Trinajstić information content (AvgIpc) is 3.67. The van der Waals surface area contributed by atoms with Crippen LogP contribution in [-0.4, -0.2) is 75.6 Å². The van der Waals surface area contributed by atoms with E-state index in [2.05, 4.69) is 11.1 Å². The number of carboxylic acids is 1. The van der Waals surface area contributed by atoms with Crippen LogP contribution in [0.25, 0.3) is 0 Å². The molecule has 0 bridgehead atoms. The summed E-state index contributed by atoms with van der Waals surface area (Å²) in [6.07, 6.45) is -5.89. The van der Waals surface area contributed by atoms with E-state index >= 15 is 9.18 Å². The number of aliphatic carboxylic acids is 1. The third kappa shape index (κ3) is 8.58. The number of piperidine rings is 2. The third-order valence-corrected chi connectivity index (χ3v) is 12.9. The second-order valence-corrected chi connectivity index (χ2v) is 16.3. The van der Waals surface area contributed by atoms with Crippen molar-refractivity contribution in [2.24, 2.45) is 5.41 Å². The van der Waals surface area contributed by atoms with Crippen molar-refractivity contribution in [2.75, 3.05) is 26.2 Å². The van der Waals surface area contributed by atoms with Crippen LogP contribution in [0.15, 0.2) is 48.0 Å². The smallest absolute Gasteiger partial charge is 0.425 e. The standard InChI is InChI=1S/C41H43F7N4O6S/c1-2-8-30-39(58-26-23-31(59-24-26)41(46,47)48,15-6-19-52(30)34(53)32-27(40(43,44)45)10-4-18-50-32)35(54)51-20-16-38(25-49,17-21-51)28-9-3-11-29(42)33(28)57-22-7-14-37(36(55)56)12-5-13-37/h3-4,9-11,18,23-24,30H,2,5-8,12-17,19-22H2,1H3,(H,55,56)/t30-,39+/m1/s1. The lowest BCUT2D eigenvalue weighted by atomic mass is 9.66. The lowest BCUT2D eigenvalue weighted by Crippen LogP contribution is -2.68. The molecule has 0 radical (unpaired) electrons. The zero-order chi connectivity index (χ0) is 42.8. The molecule has 4 heterocycles. The number of para-hydroxylation sites is 1. The summed E-state index contributed by atoms with van der Waals surface area (Å²) in [5.41, 5.74) is -6.20. The average molecular weight is 853 g/mol. The number of nitrogens with zero attached hydrogens (tertiary/aromatic N) is 4. The molecule has 3 aromatic rings. The predicted octanol–water partition coefficient (Wildman–Crippen LogP) is 9.04. The van der Waals surface area contributed by atoms with Gasteiger partial charge in [-0.25, -0.2) is 4.39 Å². The van der Waals surface area contributed by atoms with Gasteiger partial charge in [0.2, 0.25) is 5.60 Å². The number of hydrogen-bond donors (Lipinski definition) is 1. The van der Waals surface area contributed by atoms with E-state index in [9.17, 15) is 46.3 Å². The summed E-state index contributed by atoms with van der Waals surface area (Å²) in [5.74, 6) is -3.94. The number of likely N-dealkylation sites (tertiary alicyclic amines) is 2. The highest BCUT2D eigenvalue weighted by Gasteiger charge is 2.57. The molecule has 1 saturated carbocycles. The first-order valence-corrected chi connectivity index (χ1v) is 20.3. The number of hydrogen-bond acceptors (Lipinski definition) is 8. The fraction of sp³-hybridized carbons (Fsp3) is 0.537. The number of carbonyl (C=O) groups excluding carboxylic acids is 2. The number of thiophene rings is 1. The van der Waals surface area contributed by atoms with Gasteiger partial charge in [0.25, 0.3) is 11.8 Å². The molecule has 1 aromatic carbocycles. The van der Waals surface area contributed by atoms with E-state index in [0.29, 0.717) is 49.5 Å². The molecule has 2 aliphatic heterocycles. The summed E-state index contributed by atoms with van der Waals surface area (Å²) in [6.45, 7) is 1.39. The van der Waals surface area contributed by atoms with E-state index in [1.807, 2.05) is 0 Å². The zero-order valence-electron chi connectivity index (χ0n) is 32.1. The molecular formula is C41H43F7N4O6S. The van der Waals surface area contributed by atoms with Crippen molar-refractivity contribution in [3.05, 3.63) is 75.5 Å². The lowest BCUT2D eigenvalue weighted by Gasteiger charge is -2.51. The Morgan fingerprint density at radius 3 is 2.32 bits per heavy atom. The summed E-state index contributed by atoms with van der Waals surface area (Å²) in [5, 5.41) is 21.4. The number of carboxylic acid groups (broad SMARTS) is 1. The summed E-state index contributed by atoms with van der Waals surface area (Å²) in [6, 6.07) is 7.69. The van der Waals surface area contributed by atoms with Crippen molar-refractivity contribution in [2.45, 2.75) is 107 Å². The SMILES string of the molecule is CCC[C@H]1N(C(=O)c2ncccc2C(F)(F)F)CCC[C@@]1(Oc1csc(C(F)(F)F)c1)C(=O)N1CCC(C#N)(c2cccc(F)c2OCCCC2(C(=O)O)CCC2)CC1. The number of carbonyl (C=O) groups is 3. The number of benzene rings is 1. The molecule has 1 aliphatic carbocycles. The maximum Gasteiger partial charge on any atom is 0.425 e. The van der Waals surface area contributed by atoms with Gasteiger partial charge in [0.15, 0.2) is 11.6 Å². The zero-order valence-corrected chi connectivity index (χ0v) is 33.0. The van der Waals surface area contributed by atoms with Crippen LogP contribution < -0.4 is 9.47 Å². The Kier molecular flexibility index (Phi) is 12.6. The molecule has 18 heteroatoms. The molecule has 3 aliphatic rings. The first kappa shape index (κ1) is 43.7. The second kappa shape index (κ2) is 17.0. The highest BCUT2D eigenvalue weighted by Crippen LogP contribution is 2.47. The van der Waals surface area contributed by atoms with E-state index in [0.717, 1.165) is 35.0 Å². The predicted molar refractivity (Wildman–Crippen MR) is 199 cm³/mol. The number of halogens is 7. The molecule has 6 rings (SSSR count). The fourth-order valence-corrected chi connectivity index (χ4v) is 9.34. The van der Waals surface area contributed by atoms with Crippen LogP contribution in [0, 0.1) is 22.6 Å². The van der Waals surface area contributed by atoms with E-state index in [1.165, 1.54) is 17.0 Å². The molecule has 2 atom stereocenters. The Morgan fingerprint density at radius 2 is 1.73 bits per heavy atom. The van der Waals surface area contributed by atoms with Crippen molar-refractivity contribution in [3.63, 3.8) is 0 Å². The summed E-state index contributed by atoms with van der Waals surface area (Å²) in [4.78, 5) is 46.2. The van der Waals surface area contributed by atoms with Crippen molar-refractivity contribution < 1.29 is 59.7 Å². The Bertz CT molecular complexity index is 2070. The van der Waals surface area contributed by atoms with Gasteiger partial charge in [-0.05, 0) is 69.6 Å². The molecule has 2 amide bonds. The molecule has 0 unspecified atom stereocenters. The number of aromatic nitrogens is 1. The van der Waals surface area contributed by atoms with Crippen molar-refractivity contribution in [1.82, 2.24) is 14.8 Å². The number of amides is 2. The van der Waals surface area contributed by atoms with Crippen molar-refractivity contribution in [3.8, 4) is 17.6 Å². The minimum absolute atomic E-state index is 0.00934. The summed E-state index contributed by atoms with van der Waals surface area (Å²) < 4.78 is 111. The number of rotatable bonds is 13. The first-order chi connectivity index (χ1) is 27.9. The molecule has 1 N–H and O–H groups in total. The number of pyridine rings is 1. The van der Waals surface area contributed by atoms with Gasteiger partial charge in [-0.1, -0.05) is 31.9 Å². The Hall–Kier alpha value is -4.92. The van der Waals surface area contributed by atoms with Gasteiger partial charge >= 0.3 is 18.3 Å². The summed E-state index contributed by atoms with van der Waals surface area (Å²) >= 11 is 0.335. The Balaban J connectivity index is 1.30. The van der Waals surface area contributed by atoms with Gasteiger partial charge in [-0.2, -0.15) is 31.6 Å². The van der Waals surface area contributed by atoms with Gasteiger partial charge in [-0.15, -0.1) is 11.3 Å². The second-order valence-electron chi connectivity index (χ2n) is 15.4. The number of ether oxygens (including phenoxy) is 2. The maximum atomic E-state index is 15.4. The molecule has 2 aromatic heterocycles. The largest absolute Gasteiger partial charge is 0.490 e. The highest BCUT2D eigenvalue weighted by molar-refractivity contribution is 7.10. The molecule has 10 nitrogen and oxygen atoms in total. The molecule has 3 fully saturated rings. The minimum Gasteiger partial charge on any atom is -0.490 e. The Labute approximate surface area is 339 Å². The van der Waals surface area contributed by atoms with Crippen LogP contribution in [0.3, 0.4) is 0 Å². The number of alkyl halides is 6. The molecule has 318 valence electrons. The minimum atomic E-state index is -4.95. The normalized spacial score (nSPS) is 21.6. The van der Waals surface area contributed by atoms with Crippen molar-refractivity contribution in [1.29, 1.82) is 5.26 Å². The van der Waals surface area contributed by atoms with Gasteiger partial charge < -0.3 is 24.4 Å². The van der Waals surface area contributed by atoms with Gasteiger partial charge in [0.05, 0.1) is 35.1 Å². The van der Waals surface area contributed by atoms with E-state index in [4.69, 9.17) is 9.47 Å². The fourth-order valence-electron chi connectivity index (χ4n) is 8.67. The molecule has 59 heavy (non-hydrogen) atoms. The quantitative estimate of drug-likeness (QED) is 0.133. The van der Waals surface area contributed by atoms with Gasteiger partial charge in [-0.3, -0.25) is 19.4 Å². The van der Waals surface area contributed by atoms with Crippen LogP contribution in [0.4, 0.5) is 30.7 Å². The monoisotopic (exact) mass is 852 g/mol. The van der Waals surface area contributed by atoms with E-state index < -0.39 is 74.6 Å². The summed E-state index contributed by atoms with van der Waals surface area (Å²) in [7, 11) is 0. The molecule has 0 spiro atoms.